The molecule has 1 N–H and O–H groups in total. The van der Waals surface area contributed by atoms with Crippen LogP contribution in [0.1, 0.15) is 22.2 Å². The molecule has 1 atom stereocenters. The van der Waals surface area contributed by atoms with Crippen molar-refractivity contribution in [1.29, 1.82) is 0 Å². The Hall–Kier alpha value is -2.87. The van der Waals surface area contributed by atoms with Gasteiger partial charge in [-0.15, -0.1) is 11.3 Å². The van der Waals surface area contributed by atoms with Crippen LogP contribution in [0.2, 0.25) is 0 Å². The van der Waals surface area contributed by atoms with Crippen LogP contribution in [0.25, 0.3) is 0 Å². The Bertz CT molecular complexity index is 879. The van der Waals surface area contributed by atoms with Crippen LogP contribution >= 0.6 is 11.3 Å². The Balaban J connectivity index is 1.60. The van der Waals surface area contributed by atoms with Gasteiger partial charge in [0, 0.05) is 0 Å². The monoisotopic (exact) mass is 358 g/mol. The van der Waals surface area contributed by atoms with Crippen molar-refractivity contribution in [3.05, 3.63) is 46.2 Å². The van der Waals surface area contributed by atoms with Gasteiger partial charge in [-0.05, 0) is 36.1 Å². The first-order valence-electron chi connectivity index (χ1n) is 7.60. The molecule has 2 aliphatic heterocycles. The molecule has 8 heteroatoms. The molecule has 1 aromatic heterocycles. The third-order valence-corrected chi connectivity index (χ3v) is 5.23. The highest BCUT2D eigenvalue weighted by Crippen LogP contribution is 2.37. The van der Waals surface area contributed by atoms with Crippen LogP contribution in [0.5, 0.6) is 11.5 Å². The maximum Gasteiger partial charge on any atom is 0.325 e. The number of Topliss-reactive ketones (excluding diaryl/α,β-unsaturated/α-hetero) is 1. The number of nitrogens with zero attached hydrogens (tertiary/aromatic N) is 1. The molecule has 1 aromatic carbocycles. The average Bonchev–Trinajstić information content (AvgIpc) is 3.31. The molecule has 25 heavy (non-hydrogen) atoms. The van der Waals surface area contributed by atoms with E-state index in [0.717, 1.165) is 4.90 Å². The Morgan fingerprint density at radius 2 is 2.08 bits per heavy atom. The second kappa shape index (κ2) is 5.59. The van der Waals surface area contributed by atoms with Crippen LogP contribution in [0.15, 0.2) is 35.7 Å². The van der Waals surface area contributed by atoms with Crippen LogP contribution in [-0.2, 0) is 10.3 Å². The van der Waals surface area contributed by atoms with Gasteiger partial charge in [0.25, 0.3) is 5.91 Å². The SMILES string of the molecule is C[C@@]1(c2ccc3c(c2)OCO3)NC(=O)N(CC(=O)c2cccs2)C1=O. The molecule has 0 bridgehead atoms. The van der Waals surface area contributed by atoms with Gasteiger partial charge in [0.15, 0.2) is 17.3 Å². The molecule has 3 amide bonds. The average molecular weight is 358 g/mol. The molecule has 0 aliphatic carbocycles. The number of imide groups is 1. The second-order valence-electron chi connectivity index (χ2n) is 5.91. The molecule has 0 unspecified atom stereocenters. The van der Waals surface area contributed by atoms with Crippen molar-refractivity contribution in [3.63, 3.8) is 0 Å². The van der Waals surface area contributed by atoms with Crippen LogP contribution in [0.3, 0.4) is 0 Å². The Morgan fingerprint density at radius 3 is 2.84 bits per heavy atom. The van der Waals surface area contributed by atoms with E-state index in [-0.39, 0.29) is 19.1 Å². The Labute approximate surface area is 147 Å². The highest BCUT2D eigenvalue weighted by Gasteiger charge is 2.49. The zero-order valence-electron chi connectivity index (χ0n) is 13.3. The van der Waals surface area contributed by atoms with E-state index in [1.807, 2.05) is 0 Å². The summed E-state index contributed by atoms with van der Waals surface area (Å²) in [5.74, 6) is 0.373. The fourth-order valence-electron chi connectivity index (χ4n) is 2.90. The minimum atomic E-state index is -1.26. The predicted molar refractivity (Wildman–Crippen MR) is 88.8 cm³/mol. The van der Waals surface area contributed by atoms with E-state index in [4.69, 9.17) is 9.47 Å². The summed E-state index contributed by atoms with van der Waals surface area (Å²) >= 11 is 1.28. The van der Waals surface area contributed by atoms with E-state index in [0.29, 0.717) is 21.9 Å². The van der Waals surface area contributed by atoms with E-state index >= 15 is 0 Å². The standard InChI is InChI=1S/C17H14N2O5S/c1-17(10-4-5-12-13(7-10)24-9-23-12)15(21)19(16(22)18-17)8-11(20)14-3-2-6-25-14/h2-7H,8-9H2,1H3,(H,18,22)/t17-/m0/s1. The first kappa shape index (κ1) is 15.6. The maximum atomic E-state index is 12.9. The number of hydrogen-bond donors (Lipinski definition) is 1. The van der Waals surface area contributed by atoms with E-state index in [2.05, 4.69) is 5.32 Å². The topological polar surface area (TPSA) is 84.9 Å². The van der Waals surface area contributed by atoms with Gasteiger partial charge in [-0.25, -0.2) is 4.79 Å². The second-order valence-corrected chi connectivity index (χ2v) is 6.86. The van der Waals surface area contributed by atoms with Gasteiger partial charge in [-0.2, -0.15) is 0 Å². The summed E-state index contributed by atoms with van der Waals surface area (Å²) in [4.78, 5) is 38.9. The molecule has 4 rings (SSSR count). The number of carbonyl (C=O) groups excluding carboxylic acids is 3. The van der Waals surface area contributed by atoms with Gasteiger partial charge in [0.1, 0.15) is 5.54 Å². The summed E-state index contributed by atoms with van der Waals surface area (Å²) in [6.07, 6.45) is 0. The van der Waals surface area contributed by atoms with E-state index in [1.165, 1.54) is 11.3 Å². The van der Waals surface area contributed by atoms with Crippen LogP contribution < -0.4 is 14.8 Å². The van der Waals surface area contributed by atoms with Gasteiger partial charge in [-0.1, -0.05) is 12.1 Å². The summed E-state index contributed by atoms with van der Waals surface area (Å²) in [7, 11) is 0. The third kappa shape index (κ3) is 2.45. The number of fused-ring (bicyclic) bond motifs is 1. The fourth-order valence-corrected chi connectivity index (χ4v) is 3.56. The number of thiophene rings is 1. The largest absolute Gasteiger partial charge is 0.454 e. The number of amides is 3. The number of ether oxygens (including phenoxy) is 2. The number of carbonyl (C=O) groups is 3. The number of benzene rings is 1. The fraction of sp³-hybridized carbons (Fsp3) is 0.235. The lowest BCUT2D eigenvalue weighted by molar-refractivity contribution is -0.130. The lowest BCUT2D eigenvalue weighted by Crippen LogP contribution is -2.41. The molecule has 0 spiro atoms. The van der Waals surface area contributed by atoms with Crippen LogP contribution in [0, 0.1) is 0 Å². The molecule has 1 saturated heterocycles. The van der Waals surface area contributed by atoms with Crippen molar-refractivity contribution in [2.75, 3.05) is 13.3 Å². The van der Waals surface area contributed by atoms with Crippen molar-refractivity contribution in [1.82, 2.24) is 10.2 Å². The summed E-state index contributed by atoms with van der Waals surface area (Å²) in [6, 6.07) is 7.90. The zero-order valence-corrected chi connectivity index (χ0v) is 14.1. The first-order chi connectivity index (χ1) is 12.0. The van der Waals surface area contributed by atoms with Crippen molar-refractivity contribution < 1.29 is 23.9 Å². The Kier molecular flexibility index (Phi) is 3.50. The van der Waals surface area contributed by atoms with Gasteiger partial charge in [0.2, 0.25) is 6.79 Å². The molecule has 3 heterocycles. The summed E-state index contributed by atoms with van der Waals surface area (Å²) in [6.45, 7) is 1.45. The number of hydrogen-bond acceptors (Lipinski definition) is 6. The normalized spacial score (nSPS) is 21.6. The molecule has 2 aromatic rings. The highest BCUT2D eigenvalue weighted by molar-refractivity contribution is 7.12. The number of urea groups is 1. The molecule has 0 radical (unpaired) electrons. The van der Waals surface area contributed by atoms with E-state index in [1.54, 1.807) is 42.6 Å². The summed E-state index contributed by atoms with van der Waals surface area (Å²) in [5, 5.41) is 4.45. The first-order valence-corrected chi connectivity index (χ1v) is 8.48. The molecular formula is C17H14N2O5S. The van der Waals surface area contributed by atoms with Crippen molar-refractivity contribution >= 4 is 29.1 Å². The minimum Gasteiger partial charge on any atom is -0.454 e. The molecule has 2 aliphatic rings. The predicted octanol–water partition coefficient (Wildman–Crippen LogP) is 2.13. The molecule has 128 valence electrons. The quantitative estimate of drug-likeness (QED) is 0.668. The summed E-state index contributed by atoms with van der Waals surface area (Å²) < 4.78 is 10.6. The maximum absolute atomic E-state index is 12.9. The van der Waals surface area contributed by atoms with Crippen LogP contribution in [0.4, 0.5) is 4.79 Å². The van der Waals surface area contributed by atoms with E-state index in [9.17, 15) is 14.4 Å². The van der Waals surface area contributed by atoms with Gasteiger partial charge in [0.05, 0.1) is 11.4 Å². The number of ketones is 1. The number of nitrogens with one attached hydrogen (secondary N) is 1. The van der Waals surface area contributed by atoms with Crippen LogP contribution in [-0.4, -0.2) is 36.0 Å². The third-order valence-electron chi connectivity index (χ3n) is 4.32. The zero-order chi connectivity index (χ0) is 17.6. The van der Waals surface area contributed by atoms with Crippen molar-refractivity contribution in [3.8, 4) is 11.5 Å². The molecule has 1 fully saturated rings. The molecule has 7 nitrogen and oxygen atoms in total. The van der Waals surface area contributed by atoms with E-state index < -0.39 is 17.5 Å². The van der Waals surface area contributed by atoms with Crippen molar-refractivity contribution in [2.45, 2.75) is 12.5 Å². The summed E-state index contributed by atoms with van der Waals surface area (Å²) in [5.41, 5.74) is -0.686. The van der Waals surface area contributed by atoms with Gasteiger partial charge < -0.3 is 14.8 Å². The number of rotatable bonds is 4. The lowest BCUT2D eigenvalue weighted by Gasteiger charge is -2.22. The lowest BCUT2D eigenvalue weighted by atomic mass is 9.91. The van der Waals surface area contributed by atoms with Crippen molar-refractivity contribution in [2.24, 2.45) is 0 Å². The minimum absolute atomic E-state index is 0.122. The van der Waals surface area contributed by atoms with Gasteiger partial charge in [-0.3, -0.25) is 14.5 Å². The molecule has 0 saturated carbocycles. The van der Waals surface area contributed by atoms with Gasteiger partial charge >= 0.3 is 6.03 Å². The molecular weight excluding hydrogens is 344 g/mol. The smallest absolute Gasteiger partial charge is 0.325 e. The highest BCUT2D eigenvalue weighted by atomic mass is 32.1. The Morgan fingerprint density at radius 1 is 1.28 bits per heavy atom.